The second-order valence-corrected chi connectivity index (χ2v) is 9.40. The van der Waals surface area contributed by atoms with E-state index in [0.29, 0.717) is 29.5 Å². The molecule has 1 N–H and O–H groups in total. The summed E-state index contributed by atoms with van der Waals surface area (Å²) >= 11 is 0. The maximum Gasteiger partial charge on any atom is 0.137 e. The number of hydrogen-bond donors (Lipinski definition) is 1. The standard InChI is InChI=1S/C22H32O2/c1-4-5-15-13-21(2)19(10-11-22(21,3)24)18-8-6-14-12-16(23)7-9-17(14)20(15)18/h4,15,18-20,24H,1,5-13H2,2-3H3/t15-,18?,19?,20?,21-,22-/m0/s1. The zero-order valence-corrected chi connectivity index (χ0v) is 15.3. The molecule has 6 atom stereocenters. The van der Waals surface area contributed by atoms with Gasteiger partial charge in [-0.2, -0.15) is 0 Å². The molecular formula is C22H32O2. The summed E-state index contributed by atoms with van der Waals surface area (Å²) in [7, 11) is 0. The summed E-state index contributed by atoms with van der Waals surface area (Å²) in [6, 6.07) is 0. The first-order valence-corrected chi connectivity index (χ1v) is 9.93. The molecule has 24 heavy (non-hydrogen) atoms. The van der Waals surface area contributed by atoms with Crippen molar-refractivity contribution in [3.63, 3.8) is 0 Å². The van der Waals surface area contributed by atoms with E-state index in [1.54, 1.807) is 5.57 Å². The number of ketones is 1. The first kappa shape index (κ1) is 16.6. The van der Waals surface area contributed by atoms with Crippen LogP contribution in [0.25, 0.3) is 0 Å². The first-order valence-electron chi connectivity index (χ1n) is 9.93. The molecule has 4 rings (SSSR count). The third kappa shape index (κ3) is 2.21. The van der Waals surface area contributed by atoms with Gasteiger partial charge < -0.3 is 5.11 Å². The molecule has 0 bridgehead atoms. The second-order valence-electron chi connectivity index (χ2n) is 9.40. The maximum atomic E-state index is 11.9. The number of rotatable bonds is 2. The maximum absolute atomic E-state index is 11.9. The van der Waals surface area contributed by atoms with Crippen LogP contribution in [0.5, 0.6) is 0 Å². The zero-order chi connectivity index (χ0) is 17.1. The van der Waals surface area contributed by atoms with Crippen molar-refractivity contribution < 1.29 is 9.90 Å². The van der Waals surface area contributed by atoms with Crippen LogP contribution in [0.2, 0.25) is 0 Å². The Bertz CT molecular complexity index is 599. The van der Waals surface area contributed by atoms with Gasteiger partial charge in [0, 0.05) is 12.8 Å². The van der Waals surface area contributed by atoms with Crippen molar-refractivity contribution in [2.45, 2.75) is 77.2 Å². The van der Waals surface area contributed by atoms with E-state index in [-0.39, 0.29) is 5.41 Å². The van der Waals surface area contributed by atoms with E-state index in [4.69, 9.17) is 0 Å². The Morgan fingerprint density at radius 3 is 2.79 bits per heavy atom. The summed E-state index contributed by atoms with van der Waals surface area (Å²) in [5, 5.41) is 11.1. The molecule has 0 aliphatic heterocycles. The highest BCUT2D eigenvalue weighted by Gasteiger charge is 2.61. The van der Waals surface area contributed by atoms with Gasteiger partial charge in [0.2, 0.25) is 0 Å². The van der Waals surface area contributed by atoms with E-state index < -0.39 is 5.60 Å². The van der Waals surface area contributed by atoms with Gasteiger partial charge in [0.15, 0.2) is 0 Å². The summed E-state index contributed by atoms with van der Waals surface area (Å²) in [4.78, 5) is 11.9. The first-order chi connectivity index (χ1) is 11.4. The molecule has 2 fully saturated rings. The van der Waals surface area contributed by atoms with Gasteiger partial charge in [-0.3, -0.25) is 4.79 Å². The molecule has 0 amide bonds. The van der Waals surface area contributed by atoms with Crippen LogP contribution in [-0.4, -0.2) is 16.5 Å². The van der Waals surface area contributed by atoms with Crippen molar-refractivity contribution in [2.75, 3.05) is 0 Å². The predicted molar refractivity (Wildman–Crippen MR) is 96.5 cm³/mol. The SMILES string of the molecule is C=CC[C@H]1C[C@@]2(C)C(CC[C@]2(C)O)C2CCC3=C(CCC(=O)C3)C21. The highest BCUT2D eigenvalue weighted by Crippen LogP contribution is 2.66. The molecule has 4 aliphatic carbocycles. The van der Waals surface area contributed by atoms with Gasteiger partial charge in [0.25, 0.3) is 0 Å². The molecule has 0 radical (unpaired) electrons. The summed E-state index contributed by atoms with van der Waals surface area (Å²) in [5.74, 6) is 3.03. The van der Waals surface area contributed by atoms with Gasteiger partial charge in [-0.15, -0.1) is 6.58 Å². The minimum Gasteiger partial charge on any atom is -0.390 e. The topological polar surface area (TPSA) is 37.3 Å². The Labute approximate surface area is 146 Å². The molecule has 2 heteroatoms. The molecule has 0 aromatic heterocycles. The Morgan fingerprint density at radius 1 is 1.25 bits per heavy atom. The second kappa shape index (κ2) is 5.56. The van der Waals surface area contributed by atoms with Crippen molar-refractivity contribution >= 4 is 5.78 Å². The van der Waals surface area contributed by atoms with Crippen LogP contribution in [0, 0.1) is 29.1 Å². The minimum atomic E-state index is -0.529. The fraction of sp³-hybridized carbons (Fsp3) is 0.773. The normalized spacial score (nSPS) is 47.9. The average molecular weight is 328 g/mol. The molecule has 0 aromatic rings. The van der Waals surface area contributed by atoms with Crippen molar-refractivity contribution in [3.05, 3.63) is 23.8 Å². The van der Waals surface area contributed by atoms with Gasteiger partial charge in [-0.1, -0.05) is 24.1 Å². The summed E-state index contributed by atoms with van der Waals surface area (Å²) in [6.45, 7) is 8.45. The Morgan fingerprint density at radius 2 is 2.04 bits per heavy atom. The summed E-state index contributed by atoms with van der Waals surface area (Å²) in [6.07, 6.45) is 11.2. The van der Waals surface area contributed by atoms with Gasteiger partial charge in [0.05, 0.1) is 5.60 Å². The number of aliphatic hydroxyl groups is 1. The van der Waals surface area contributed by atoms with Crippen LogP contribution in [0.15, 0.2) is 23.8 Å². The van der Waals surface area contributed by atoms with Gasteiger partial charge in [-0.05, 0) is 81.0 Å². The lowest BCUT2D eigenvalue weighted by molar-refractivity contribution is -0.120. The largest absolute Gasteiger partial charge is 0.390 e. The molecule has 4 aliphatic rings. The Balaban J connectivity index is 1.75. The van der Waals surface area contributed by atoms with E-state index >= 15 is 0 Å². The molecule has 3 unspecified atom stereocenters. The Hall–Kier alpha value is -0.890. The van der Waals surface area contributed by atoms with Gasteiger partial charge in [0.1, 0.15) is 5.78 Å². The van der Waals surface area contributed by atoms with Gasteiger partial charge >= 0.3 is 0 Å². The summed E-state index contributed by atoms with van der Waals surface area (Å²) < 4.78 is 0. The zero-order valence-electron chi connectivity index (χ0n) is 15.3. The third-order valence-electron chi connectivity index (χ3n) is 8.35. The number of fused-ring (bicyclic) bond motifs is 4. The van der Waals surface area contributed by atoms with E-state index in [1.807, 2.05) is 0 Å². The van der Waals surface area contributed by atoms with Crippen LogP contribution in [0.1, 0.15) is 71.6 Å². The lowest BCUT2D eigenvalue weighted by atomic mass is 9.49. The fourth-order valence-electron chi connectivity index (χ4n) is 7.02. The monoisotopic (exact) mass is 328 g/mol. The van der Waals surface area contributed by atoms with E-state index in [0.717, 1.165) is 44.9 Å². The Kier molecular flexibility index (Phi) is 3.84. The highest BCUT2D eigenvalue weighted by molar-refractivity contribution is 5.82. The van der Waals surface area contributed by atoms with Gasteiger partial charge in [-0.25, -0.2) is 0 Å². The van der Waals surface area contributed by atoms with E-state index in [9.17, 15) is 9.90 Å². The van der Waals surface area contributed by atoms with Crippen LogP contribution >= 0.6 is 0 Å². The lowest BCUT2D eigenvalue weighted by Crippen LogP contribution is -2.53. The predicted octanol–water partition coefficient (Wildman–Crippen LogP) is 4.83. The number of Topliss-reactive ketones (excluding diaryl/α,β-unsaturated/α-hetero) is 1. The number of carbonyl (C=O) groups excluding carboxylic acids is 1. The number of hydrogen-bond acceptors (Lipinski definition) is 2. The molecule has 0 saturated heterocycles. The third-order valence-corrected chi connectivity index (χ3v) is 8.35. The molecular weight excluding hydrogens is 296 g/mol. The summed E-state index contributed by atoms with van der Waals surface area (Å²) in [5.41, 5.74) is 2.64. The molecule has 0 spiro atoms. The quantitative estimate of drug-likeness (QED) is 0.738. The van der Waals surface area contributed by atoms with E-state index in [2.05, 4.69) is 26.5 Å². The molecule has 132 valence electrons. The smallest absolute Gasteiger partial charge is 0.137 e. The van der Waals surface area contributed by atoms with Crippen molar-refractivity contribution in [1.82, 2.24) is 0 Å². The van der Waals surface area contributed by atoms with Crippen molar-refractivity contribution in [3.8, 4) is 0 Å². The van der Waals surface area contributed by atoms with Crippen LogP contribution in [0.4, 0.5) is 0 Å². The highest BCUT2D eigenvalue weighted by atomic mass is 16.3. The number of allylic oxidation sites excluding steroid dienone is 3. The lowest BCUT2D eigenvalue weighted by Gasteiger charge is -2.56. The van der Waals surface area contributed by atoms with Crippen LogP contribution in [-0.2, 0) is 4.79 Å². The van der Waals surface area contributed by atoms with Crippen molar-refractivity contribution in [2.24, 2.45) is 29.1 Å². The van der Waals surface area contributed by atoms with Crippen molar-refractivity contribution in [1.29, 1.82) is 0 Å². The van der Waals surface area contributed by atoms with Crippen LogP contribution < -0.4 is 0 Å². The molecule has 0 heterocycles. The molecule has 2 nitrogen and oxygen atoms in total. The van der Waals surface area contributed by atoms with E-state index in [1.165, 1.54) is 18.4 Å². The van der Waals surface area contributed by atoms with Crippen LogP contribution in [0.3, 0.4) is 0 Å². The number of carbonyl (C=O) groups is 1. The average Bonchev–Trinajstić information content (AvgIpc) is 2.77. The molecule has 2 saturated carbocycles. The minimum absolute atomic E-state index is 0.0460. The fourth-order valence-corrected chi connectivity index (χ4v) is 7.02. The molecule has 0 aromatic carbocycles.